The highest BCUT2D eigenvalue weighted by atomic mass is 35.5. The zero-order valence-electron chi connectivity index (χ0n) is 15.9. The first-order valence-corrected chi connectivity index (χ1v) is 10.6. The molecule has 0 fully saturated rings. The van der Waals surface area contributed by atoms with Gasteiger partial charge in [-0.25, -0.2) is 13.4 Å². The van der Waals surface area contributed by atoms with Crippen LogP contribution in [-0.4, -0.2) is 38.6 Å². The fourth-order valence-electron chi connectivity index (χ4n) is 2.37. The maximum Gasteiger partial charge on any atom is 0.263 e. The van der Waals surface area contributed by atoms with E-state index >= 15 is 0 Å². The molecule has 11 heteroatoms. The number of hydrogen-bond donors (Lipinski definition) is 2. The molecule has 0 atom stereocenters. The van der Waals surface area contributed by atoms with Crippen LogP contribution < -0.4 is 24.7 Å². The van der Waals surface area contributed by atoms with E-state index in [-0.39, 0.29) is 46.3 Å². The van der Waals surface area contributed by atoms with Crippen molar-refractivity contribution in [3.05, 3.63) is 59.9 Å². The fourth-order valence-corrected chi connectivity index (χ4v) is 3.55. The van der Waals surface area contributed by atoms with Crippen molar-refractivity contribution in [2.24, 2.45) is 5.73 Å². The molecular weight excluding hydrogens is 432 g/mol. The van der Waals surface area contributed by atoms with Gasteiger partial charge in [0.15, 0.2) is 5.82 Å². The SMILES string of the molecule is COc1ccc(Cl)c(Oc2c(NS(=O)(=O)c3ccccc3)ncnc2OCCN)c1. The van der Waals surface area contributed by atoms with E-state index in [4.69, 9.17) is 31.5 Å². The molecule has 1 heterocycles. The van der Waals surface area contributed by atoms with Crippen LogP contribution in [0.1, 0.15) is 0 Å². The smallest absolute Gasteiger partial charge is 0.263 e. The highest BCUT2D eigenvalue weighted by Gasteiger charge is 2.23. The number of sulfonamides is 1. The topological polar surface area (TPSA) is 126 Å². The Bertz CT molecular complexity index is 1110. The lowest BCUT2D eigenvalue weighted by Gasteiger charge is -2.16. The van der Waals surface area contributed by atoms with Crippen molar-refractivity contribution in [3.8, 4) is 23.1 Å². The molecule has 3 N–H and O–H groups in total. The summed E-state index contributed by atoms with van der Waals surface area (Å²) in [5, 5.41) is 0.265. The summed E-state index contributed by atoms with van der Waals surface area (Å²) in [4.78, 5) is 8.09. The number of ether oxygens (including phenoxy) is 3. The predicted octanol–water partition coefficient (Wildman–Crippen LogP) is 3.07. The standard InChI is InChI=1S/C19H19ClN4O5S/c1-27-13-7-8-15(20)16(11-13)29-17-18(22-12-23-19(17)28-10-9-21)24-30(25,26)14-5-3-2-4-6-14/h2-8,11-12H,9-10,21H2,1H3,(H,22,23,24). The number of rotatable bonds is 9. The molecule has 158 valence electrons. The molecule has 3 rings (SSSR count). The summed E-state index contributed by atoms with van der Waals surface area (Å²) in [6.45, 7) is 0.346. The normalized spacial score (nSPS) is 11.0. The van der Waals surface area contributed by atoms with Crippen molar-refractivity contribution in [3.63, 3.8) is 0 Å². The molecule has 1 aromatic heterocycles. The van der Waals surface area contributed by atoms with Crippen molar-refractivity contribution in [1.82, 2.24) is 9.97 Å². The van der Waals surface area contributed by atoms with E-state index in [2.05, 4.69) is 14.7 Å². The second kappa shape index (κ2) is 9.61. The lowest BCUT2D eigenvalue weighted by Crippen LogP contribution is -2.16. The van der Waals surface area contributed by atoms with Gasteiger partial charge in [0.05, 0.1) is 17.0 Å². The summed E-state index contributed by atoms with van der Waals surface area (Å²) in [6.07, 6.45) is 1.15. The van der Waals surface area contributed by atoms with Gasteiger partial charge < -0.3 is 19.9 Å². The van der Waals surface area contributed by atoms with Crippen molar-refractivity contribution in [2.75, 3.05) is 25.0 Å². The quantitative estimate of drug-likeness (QED) is 0.509. The zero-order valence-corrected chi connectivity index (χ0v) is 17.5. The van der Waals surface area contributed by atoms with Gasteiger partial charge in [0, 0.05) is 12.6 Å². The Hall–Kier alpha value is -3.08. The third-order valence-electron chi connectivity index (χ3n) is 3.76. The first-order chi connectivity index (χ1) is 14.4. The van der Waals surface area contributed by atoms with Crippen LogP contribution in [0.5, 0.6) is 23.1 Å². The molecule has 0 amide bonds. The molecule has 0 saturated carbocycles. The third kappa shape index (κ3) is 5.09. The van der Waals surface area contributed by atoms with Crippen molar-refractivity contribution in [1.29, 1.82) is 0 Å². The monoisotopic (exact) mass is 450 g/mol. The number of methoxy groups -OCH3 is 1. The number of anilines is 1. The van der Waals surface area contributed by atoms with Gasteiger partial charge in [-0.2, -0.15) is 4.98 Å². The number of benzene rings is 2. The first kappa shape index (κ1) is 21.6. The molecule has 0 saturated heterocycles. The first-order valence-electron chi connectivity index (χ1n) is 8.71. The zero-order chi connectivity index (χ0) is 21.6. The van der Waals surface area contributed by atoms with Gasteiger partial charge in [-0.1, -0.05) is 29.8 Å². The van der Waals surface area contributed by atoms with Crippen LogP contribution >= 0.6 is 11.6 Å². The number of nitrogens with zero attached hydrogens (tertiary/aromatic N) is 2. The Labute approximate surface area is 178 Å². The molecule has 2 aromatic carbocycles. The Kier molecular flexibility index (Phi) is 6.93. The van der Waals surface area contributed by atoms with Crippen molar-refractivity contribution in [2.45, 2.75) is 4.90 Å². The van der Waals surface area contributed by atoms with Crippen LogP contribution in [0.25, 0.3) is 0 Å². The van der Waals surface area contributed by atoms with E-state index in [9.17, 15) is 8.42 Å². The maximum atomic E-state index is 12.8. The lowest BCUT2D eigenvalue weighted by molar-refractivity contribution is 0.298. The van der Waals surface area contributed by atoms with Crippen LogP contribution in [0.15, 0.2) is 59.8 Å². The van der Waals surface area contributed by atoms with E-state index in [1.165, 1.54) is 25.3 Å². The fraction of sp³-hybridized carbons (Fsp3) is 0.158. The average molecular weight is 451 g/mol. The number of hydrogen-bond acceptors (Lipinski definition) is 8. The molecular formula is C19H19ClN4O5S. The molecule has 0 aliphatic rings. The summed E-state index contributed by atoms with van der Waals surface area (Å²) >= 11 is 6.22. The molecule has 0 unspecified atom stereocenters. The third-order valence-corrected chi connectivity index (χ3v) is 5.43. The van der Waals surface area contributed by atoms with E-state index in [0.717, 1.165) is 6.33 Å². The van der Waals surface area contributed by atoms with E-state index in [0.29, 0.717) is 5.75 Å². The number of nitrogens with two attached hydrogens (primary N) is 1. The minimum atomic E-state index is -3.95. The second-order valence-electron chi connectivity index (χ2n) is 5.81. The average Bonchev–Trinajstić information content (AvgIpc) is 2.75. The highest BCUT2D eigenvalue weighted by molar-refractivity contribution is 7.92. The van der Waals surface area contributed by atoms with Crippen LogP contribution in [0.3, 0.4) is 0 Å². The largest absolute Gasteiger partial charge is 0.497 e. The summed E-state index contributed by atoms with van der Waals surface area (Å²) in [5.74, 6) is 0.492. The molecule has 0 bridgehead atoms. The van der Waals surface area contributed by atoms with Gasteiger partial charge in [0.1, 0.15) is 24.4 Å². The van der Waals surface area contributed by atoms with E-state index in [1.54, 1.807) is 30.3 Å². The van der Waals surface area contributed by atoms with Crippen LogP contribution in [0, 0.1) is 0 Å². The number of halogens is 1. The molecule has 9 nitrogen and oxygen atoms in total. The molecule has 30 heavy (non-hydrogen) atoms. The Morgan fingerprint density at radius 1 is 1.13 bits per heavy atom. The summed E-state index contributed by atoms with van der Waals surface area (Å²) < 4.78 is 44.5. The van der Waals surface area contributed by atoms with E-state index < -0.39 is 10.0 Å². The summed E-state index contributed by atoms with van der Waals surface area (Å²) in [7, 11) is -2.45. The van der Waals surface area contributed by atoms with Gasteiger partial charge in [-0.05, 0) is 24.3 Å². The molecule has 0 aliphatic carbocycles. The minimum absolute atomic E-state index is 0.0000910. The van der Waals surface area contributed by atoms with Gasteiger partial charge in [0.25, 0.3) is 15.9 Å². The number of aromatic nitrogens is 2. The van der Waals surface area contributed by atoms with Gasteiger partial charge in [-0.3, -0.25) is 4.72 Å². The van der Waals surface area contributed by atoms with E-state index in [1.807, 2.05) is 0 Å². The lowest BCUT2D eigenvalue weighted by atomic mass is 10.3. The predicted molar refractivity (Wildman–Crippen MR) is 112 cm³/mol. The molecule has 3 aromatic rings. The summed E-state index contributed by atoms with van der Waals surface area (Å²) in [6, 6.07) is 12.6. The molecule has 0 radical (unpaired) electrons. The van der Waals surface area contributed by atoms with Crippen molar-refractivity contribution >= 4 is 27.4 Å². The Morgan fingerprint density at radius 2 is 1.90 bits per heavy atom. The Balaban J connectivity index is 2.03. The molecule has 0 aliphatic heterocycles. The van der Waals surface area contributed by atoms with Gasteiger partial charge >= 0.3 is 0 Å². The maximum absolute atomic E-state index is 12.8. The van der Waals surface area contributed by atoms with Crippen LogP contribution in [0.4, 0.5) is 5.82 Å². The minimum Gasteiger partial charge on any atom is -0.497 e. The van der Waals surface area contributed by atoms with Gasteiger partial charge in [-0.15, -0.1) is 0 Å². The van der Waals surface area contributed by atoms with Crippen LogP contribution in [-0.2, 0) is 10.0 Å². The second-order valence-corrected chi connectivity index (χ2v) is 7.90. The van der Waals surface area contributed by atoms with Crippen LogP contribution in [0.2, 0.25) is 5.02 Å². The summed E-state index contributed by atoms with van der Waals surface area (Å²) in [5.41, 5.74) is 5.50. The highest BCUT2D eigenvalue weighted by Crippen LogP contribution is 2.40. The number of nitrogens with one attached hydrogen (secondary N) is 1. The van der Waals surface area contributed by atoms with Crippen molar-refractivity contribution < 1.29 is 22.6 Å². The molecule has 0 spiro atoms. The van der Waals surface area contributed by atoms with Gasteiger partial charge in [0.2, 0.25) is 5.75 Å². The Morgan fingerprint density at radius 3 is 2.60 bits per heavy atom.